The highest BCUT2D eigenvalue weighted by Gasteiger charge is 2.04. The van der Waals surface area contributed by atoms with Gasteiger partial charge in [-0.1, -0.05) is 34.1 Å². The first-order valence-corrected chi connectivity index (χ1v) is 7.09. The van der Waals surface area contributed by atoms with Crippen molar-refractivity contribution in [3.8, 4) is 6.07 Å². The molecule has 0 aromatic heterocycles. The highest BCUT2D eigenvalue weighted by atomic mass is 79.9. The predicted octanol–water partition coefficient (Wildman–Crippen LogP) is 3.48. The molecule has 0 saturated carbocycles. The maximum atomic E-state index is 11.7. The number of carbonyl (C=O) groups is 1. The number of ether oxygens (including phenoxy) is 1. The van der Waals surface area contributed by atoms with Crippen LogP contribution in [0.4, 0.5) is 5.69 Å². The number of benzene rings is 2. The molecule has 1 amide bonds. The van der Waals surface area contributed by atoms with Crippen LogP contribution in [0.3, 0.4) is 0 Å². The number of rotatable bonds is 5. The van der Waals surface area contributed by atoms with E-state index in [9.17, 15) is 4.79 Å². The van der Waals surface area contributed by atoms with Crippen LogP contribution < -0.4 is 5.32 Å². The molecule has 2 aromatic rings. The molecule has 1 N–H and O–H groups in total. The van der Waals surface area contributed by atoms with E-state index in [1.807, 2.05) is 30.3 Å². The normalized spacial score (nSPS) is 9.90. The second-order valence-corrected chi connectivity index (χ2v) is 5.18. The summed E-state index contributed by atoms with van der Waals surface area (Å²) in [5.41, 5.74) is 2.19. The van der Waals surface area contributed by atoms with Gasteiger partial charge in [-0.05, 0) is 35.9 Å². The van der Waals surface area contributed by atoms with Crippen LogP contribution in [-0.2, 0) is 16.1 Å². The standard InChI is InChI=1S/C16H13BrN2O2/c17-15-4-2-1-3-13(15)10-21-11-16(20)19-14-7-5-12(9-18)6-8-14/h1-8H,10-11H2,(H,19,20). The van der Waals surface area contributed by atoms with Crippen molar-refractivity contribution in [2.24, 2.45) is 0 Å². The number of nitrogens with zero attached hydrogens (tertiary/aromatic N) is 1. The van der Waals surface area contributed by atoms with Gasteiger partial charge in [0.1, 0.15) is 6.61 Å². The summed E-state index contributed by atoms with van der Waals surface area (Å²) in [6, 6.07) is 16.4. The summed E-state index contributed by atoms with van der Waals surface area (Å²) >= 11 is 3.42. The van der Waals surface area contributed by atoms with Crippen LogP contribution in [0.15, 0.2) is 53.0 Å². The van der Waals surface area contributed by atoms with Crippen molar-refractivity contribution in [2.75, 3.05) is 11.9 Å². The summed E-state index contributed by atoms with van der Waals surface area (Å²) in [7, 11) is 0. The van der Waals surface area contributed by atoms with Gasteiger partial charge in [-0.2, -0.15) is 5.26 Å². The number of anilines is 1. The van der Waals surface area contributed by atoms with E-state index < -0.39 is 0 Å². The third-order valence-corrected chi connectivity index (χ3v) is 3.52. The van der Waals surface area contributed by atoms with Gasteiger partial charge in [-0.15, -0.1) is 0 Å². The first kappa shape index (κ1) is 15.2. The van der Waals surface area contributed by atoms with Crippen molar-refractivity contribution >= 4 is 27.5 Å². The van der Waals surface area contributed by atoms with E-state index in [0.717, 1.165) is 10.0 Å². The van der Waals surface area contributed by atoms with Gasteiger partial charge in [0, 0.05) is 10.2 Å². The lowest BCUT2D eigenvalue weighted by atomic mass is 10.2. The number of carbonyl (C=O) groups excluding carboxylic acids is 1. The monoisotopic (exact) mass is 344 g/mol. The van der Waals surface area contributed by atoms with Crippen molar-refractivity contribution in [1.29, 1.82) is 5.26 Å². The average Bonchev–Trinajstić information content (AvgIpc) is 2.50. The Morgan fingerprint density at radius 3 is 2.57 bits per heavy atom. The Balaban J connectivity index is 1.80. The Morgan fingerprint density at radius 2 is 1.90 bits per heavy atom. The van der Waals surface area contributed by atoms with Gasteiger partial charge in [0.25, 0.3) is 0 Å². The number of nitrogens with one attached hydrogen (secondary N) is 1. The zero-order valence-corrected chi connectivity index (χ0v) is 12.8. The largest absolute Gasteiger partial charge is 0.367 e. The lowest BCUT2D eigenvalue weighted by Gasteiger charge is -2.07. The maximum absolute atomic E-state index is 11.7. The van der Waals surface area contributed by atoms with Crippen molar-refractivity contribution in [2.45, 2.75) is 6.61 Å². The number of amides is 1. The Bertz CT molecular complexity index is 663. The topological polar surface area (TPSA) is 62.1 Å². The Morgan fingerprint density at radius 1 is 1.19 bits per heavy atom. The molecule has 0 fully saturated rings. The molecule has 0 heterocycles. The summed E-state index contributed by atoms with van der Waals surface area (Å²) in [4.78, 5) is 11.7. The summed E-state index contributed by atoms with van der Waals surface area (Å²) in [5, 5.41) is 11.4. The third kappa shape index (κ3) is 4.71. The SMILES string of the molecule is N#Cc1ccc(NC(=O)COCc2ccccc2Br)cc1. The molecule has 5 heteroatoms. The number of halogens is 1. The second kappa shape index (κ2) is 7.58. The molecule has 2 rings (SSSR count). The van der Waals surface area contributed by atoms with Crippen molar-refractivity contribution < 1.29 is 9.53 Å². The fraction of sp³-hybridized carbons (Fsp3) is 0.125. The summed E-state index contributed by atoms with van der Waals surface area (Å²) in [5.74, 6) is -0.230. The van der Waals surface area contributed by atoms with Crippen LogP contribution in [0.1, 0.15) is 11.1 Å². The zero-order chi connectivity index (χ0) is 15.1. The van der Waals surface area contributed by atoms with Crippen LogP contribution in [0.25, 0.3) is 0 Å². The summed E-state index contributed by atoms with van der Waals surface area (Å²) < 4.78 is 6.34. The minimum atomic E-state index is -0.230. The fourth-order valence-electron chi connectivity index (χ4n) is 1.69. The van der Waals surface area contributed by atoms with E-state index in [4.69, 9.17) is 10.00 Å². The molecule has 106 valence electrons. The molecule has 21 heavy (non-hydrogen) atoms. The van der Waals surface area contributed by atoms with E-state index in [1.54, 1.807) is 24.3 Å². The Hall–Kier alpha value is -2.16. The van der Waals surface area contributed by atoms with E-state index in [2.05, 4.69) is 21.2 Å². The maximum Gasteiger partial charge on any atom is 0.250 e. The van der Waals surface area contributed by atoms with Crippen molar-refractivity contribution in [1.82, 2.24) is 0 Å². The number of hydrogen-bond donors (Lipinski definition) is 1. The van der Waals surface area contributed by atoms with Crippen LogP contribution >= 0.6 is 15.9 Å². The van der Waals surface area contributed by atoms with E-state index in [-0.39, 0.29) is 12.5 Å². The van der Waals surface area contributed by atoms with E-state index >= 15 is 0 Å². The molecule has 0 unspecified atom stereocenters. The van der Waals surface area contributed by atoms with Gasteiger partial charge in [0.2, 0.25) is 5.91 Å². The first-order valence-electron chi connectivity index (χ1n) is 6.30. The summed E-state index contributed by atoms with van der Waals surface area (Å²) in [6.45, 7) is 0.337. The van der Waals surface area contributed by atoms with Crippen molar-refractivity contribution in [3.05, 3.63) is 64.1 Å². The Kier molecular flexibility index (Phi) is 5.50. The molecule has 0 radical (unpaired) electrons. The van der Waals surface area contributed by atoms with Gasteiger partial charge in [-0.3, -0.25) is 4.79 Å². The summed E-state index contributed by atoms with van der Waals surface area (Å²) in [6.07, 6.45) is 0. The number of hydrogen-bond acceptors (Lipinski definition) is 3. The minimum absolute atomic E-state index is 0.0265. The molecule has 0 bridgehead atoms. The molecular weight excluding hydrogens is 332 g/mol. The second-order valence-electron chi connectivity index (χ2n) is 4.32. The van der Waals surface area contributed by atoms with Crippen molar-refractivity contribution in [3.63, 3.8) is 0 Å². The van der Waals surface area contributed by atoms with E-state index in [0.29, 0.717) is 17.9 Å². The van der Waals surface area contributed by atoms with Gasteiger partial charge in [0.05, 0.1) is 18.2 Å². The van der Waals surface area contributed by atoms with Gasteiger partial charge < -0.3 is 10.1 Å². The highest BCUT2D eigenvalue weighted by Crippen LogP contribution is 2.16. The Labute approximate surface area is 131 Å². The van der Waals surface area contributed by atoms with Crippen LogP contribution in [0.5, 0.6) is 0 Å². The average molecular weight is 345 g/mol. The molecule has 2 aromatic carbocycles. The molecule has 0 aliphatic heterocycles. The first-order chi connectivity index (χ1) is 10.2. The molecule has 0 saturated heterocycles. The quantitative estimate of drug-likeness (QED) is 0.903. The molecule has 0 aliphatic carbocycles. The molecule has 0 aliphatic rings. The third-order valence-electron chi connectivity index (χ3n) is 2.75. The van der Waals surface area contributed by atoms with E-state index in [1.165, 1.54) is 0 Å². The smallest absolute Gasteiger partial charge is 0.250 e. The van der Waals surface area contributed by atoms with Crippen LogP contribution in [0, 0.1) is 11.3 Å². The lowest BCUT2D eigenvalue weighted by Crippen LogP contribution is -2.18. The molecule has 0 spiro atoms. The number of nitriles is 1. The predicted molar refractivity (Wildman–Crippen MR) is 83.6 cm³/mol. The molecular formula is C16H13BrN2O2. The van der Waals surface area contributed by atoms with Gasteiger partial charge >= 0.3 is 0 Å². The van der Waals surface area contributed by atoms with Crippen LogP contribution in [-0.4, -0.2) is 12.5 Å². The van der Waals surface area contributed by atoms with Crippen LogP contribution in [0.2, 0.25) is 0 Å². The molecule has 4 nitrogen and oxygen atoms in total. The molecule has 0 atom stereocenters. The lowest BCUT2D eigenvalue weighted by molar-refractivity contribution is -0.121. The van der Waals surface area contributed by atoms with Gasteiger partial charge in [-0.25, -0.2) is 0 Å². The highest BCUT2D eigenvalue weighted by molar-refractivity contribution is 9.10. The fourth-order valence-corrected chi connectivity index (χ4v) is 2.09. The van der Waals surface area contributed by atoms with Gasteiger partial charge in [0.15, 0.2) is 0 Å². The minimum Gasteiger partial charge on any atom is -0.367 e. The zero-order valence-electron chi connectivity index (χ0n) is 11.2.